The third-order valence-corrected chi connectivity index (χ3v) is 6.53. The fourth-order valence-electron chi connectivity index (χ4n) is 4.46. The molecule has 35 heavy (non-hydrogen) atoms. The number of hydrogen-bond acceptors (Lipinski definition) is 7. The van der Waals surface area contributed by atoms with Crippen LogP contribution in [0.15, 0.2) is 78.8 Å². The lowest BCUT2D eigenvalue weighted by Crippen LogP contribution is -2.48. The van der Waals surface area contributed by atoms with Crippen molar-refractivity contribution in [1.29, 1.82) is 0 Å². The summed E-state index contributed by atoms with van der Waals surface area (Å²) in [6, 6.07) is 16.7. The van der Waals surface area contributed by atoms with Gasteiger partial charge < -0.3 is 15.6 Å². The Balaban J connectivity index is 1.31. The summed E-state index contributed by atoms with van der Waals surface area (Å²) < 4.78 is 0. The lowest BCUT2D eigenvalue weighted by atomic mass is 9.93. The van der Waals surface area contributed by atoms with Crippen LogP contribution in [0.3, 0.4) is 0 Å². The molecule has 0 radical (unpaired) electrons. The van der Waals surface area contributed by atoms with Crippen molar-refractivity contribution in [3.63, 3.8) is 0 Å². The minimum absolute atomic E-state index is 0.509. The molecular formula is C28H33N7. The normalized spacial score (nSPS) is 16.1. The number of benzene rings is 1. The first kappa shape index (κ1) is 23.1. The van der Waals surface area contributed by atoms with Crippen molar-refractivity contribution in [2.75, 3.05) is 23.3 Å². The maximum atomic E-state index is 5.71. The van der Waals surface area contributed by atoms with Crippen LogP contribution in [0.2, 0.25) is 0 Å². The Morgan fingerprint density at radius 2 is 1.91 bits per heavy atom. The molecule has 4 N–H and O–H groups in total. The third kappa shape index (κ3) is 6.05. The van der Waals surface area contributed by atoms with Crippen LogP contribution in [0.1, 0.15) is 35.4 Å². The zero-order chi connectivity index (χ0) is 24.2. The molecule has 5 rings (SSSR count). The predicted octanol–water partition coefficient (Wildman–Crippen LogP) is 4.13. The first-order chi connectivity index (χ1) is 17.1. The van der Waals surface area contributed by atoms with Crippen LogP contribution in [0, 0.1) is 18.8 Å². The van der Waals surface area contributed by atoms with Gasteiger partial charge >= 0.3 is 0 Å². The van der Waals surface area contributed by atoms with E-state index in [-0.39, 0.29) is 0 Å². The van der Waals surface area contributed by atoms with Gasteiger partial charge in [-0.3, -0.25) is 10.8 Å². The molecule has 3 aromatic rings. The Hall–Kier alpha value is -3.71. The fourth-order valence-corrected chi connectivity index (χ4v) is 4.46. The van der Waals surface area contributed by atoms with Crippen molar-refractivity contribution in [3.8, 4) is 0 Å². The molecule has 2 aromatic heterocycles. The first-order valence-corrected chi connectivity index (χ1v) is 12.3. The fraction of sp³-hybridized carbons (Fsp3) is 0.321. The highest BCUT2D eigenvalue weighted by atomic mass is 15.3. The van der Waals surface area contributed by atoms with Gasteiger partial charge in [0.15, 0.2) is 0 Å². The van der Waals surface area contributed by atoms with E-state index in [9.17, 15) is 0 Å². The number of aryl methyl sites for hydroxylation is 1. The molecular weight excluding hydrogens is 434 g/mol. The van der Waals surface area contributed by atoms with E-state index in [0.717, 1.165) is 73.3 Å². The van der Waals surface area contributed by atoms with Crippen molar-refractivity contribution in [2.24, 2.45) is 17.7 Å². The number of pyridine rings is 1. The Morgan fingerprint density at radius 1 is 1.11 bits per heavy atom. The summed E-state index contributed by atoms with van der Waals surface area (Å²) in [4.78, 5) is 16.4. The van der Waals surface area contributed by atoms with Crippen molar-refractivity contribution in [1.82, 2.24) is 20.4 Å². The van der Waals surface area contributed by atoms with Crippen LogP contribution >= 0.6 is 0 Å². The summed E-state index contributed by atoms with van der Waals surface area (Å²) in [6.45, 7) is 8.06. The minimum atomic E-state index is 0.509. The van der Waals surface area contributed by atoms with E-state index in [1.54, 1.807) is 0 Å². The Bertz CT molecular complexity index is 1190. The van der Waals surface area contributed by atoms with Gasteiger partial charge in [0.1, 0.15) is 5.82 Å². The molecule has 1 aromatic carbocycles. The molecule has 1 aliphatic heterocycles. The predicted molar refractivity (Wildman–Crippen MR) is 141 cm³/mol. The van der Waals surface area contributed by atoms with Gasteiger partial charge in [0.25, 0.3) is 0 Å². The maximum Gasteiger partial charge on any atom is 0.227 e. The number of allylic oxidation sites excluding steroid dienone is 2. The van der Waals surface area contributed by atoms with Crippen LogP contribution in [0.5, 0.6) is 0 Å². The van der Waals surface area contributed by atoms with E-state index in [1.165, 1.54) is 11.1 Å². The summed E-state index contributed by atoms with van der Waals surface area (Å²) in [5, 5.41) is 3.36. The molecule has 0 spiro atoms. The van der Waals surface area contributed by atoms with Gasteiger partial charge in [0.2, 0.25) is 5.95 Å². The number of aromatic nitrogens is 3. The van der Waals surface area contributed by atoms with Gasteiger partial charge in [0.05, 0.1) is 5.69 Å². The second-order valence-corrected chi connectivity index (χ2v) is 9.66. The number of nitrogens with one attached hydrogen (secondary N) is 2. The standard InChI is InChI=1S/C28H33N7/c1-19-8-9-22(16-30-19)13-23-17-35(18-23)28-32-25(14-21-6-4-3-5-7-21)15-27(33-28)31-20(2)12-26(34-29)24-10-11-24/h3-9,12,15-16,23-24,34H,2,10-11,13-14,17-18,29H2,1H3,(H,31,32,33)/b26-12-. The van der Waals surface area contributed by atoms with Crippen molar-refractivity contribution < 1.29 is 0 Å². The van der Waals surface area contributed by atoms with E-state index >= 15 is 0 Å². The summed E-state index contributed by atoms with van der Waals surface area (Å²) >= 11 is 0. The second kappa shape index (κ2) is 10.3. The van der Waals surface area contributed by atoms with E-state index in [4.69, 9.17) is 15.8 Å². The molecule has 2 fully saturated rings. The number of anilines is 2. The largest absolute Gasteiger partial charge is 0.341 e. The molecule has 0 amide bonds. The molecule has 2 aliphatic rings. The smallest absolute Gasteiger partial charge is 0.227 e. The number of rotatable bonds is 10. The Kier molecular flexibility index (Phi) is 6.77. The number of nitrogens with zero attached hydrogens (tertiary/aromatic N) is 4. The van der Waals surface area contributed by atoms with Gasteiger partial charge in [0, 0.05) is 54.8 Å². The maximum absolute atomic E-state index is 5.71. The van der Waals surface area contributed by atoms with Crippen molar-refractivity contribution in [2.45, 2.75) is 32.6 Å². The molecule has 0 unspecified atom stereocenters. The lowest BCUT2D eigenvalue weighted by molar-refractivity contribution is 0.401. The molecule has 180 valence electrons. The van der Waals surface area contributed by atoms with Gasteiger partial charge in [-0.2, -0.15) is 4.98 Å². The SMILES string of the molecule is C=C(/C=C(\NN)C1CC1)Nc1cc(Cc2ccccc2)nc(N2CC(Cc3ccc(C)nc3)C2)n1. The highest BCUT2D eigenvalue weighted by Crippen LogP contribution is 2.35. The summed E-state index contributed by atoms with van der Waals surface area (Å²) in [5.41, 5.74) is 9.12. The van der Waals surface area contributed by atoms with Crippen molar-refractivity contribution >= 4 is 11.8 Å². The quantitative estimate of drug-likeness (QED) is 0.235. The average molecular weight is 468 g/mol. The molecule has 0 bridgehead atoms. The summed E-state index contributed by atoms with van der Waals surface area (Å²) in [5.74, 6) is 8.30. The number of hydrogen-bond donors (Lipinski definition) is 3. The molecule has 1 saturated heterocycles. The van der Waals surface area contributed by atoms with Crippen LogP contribution in [0.4, 0.5) is 11.8 Å². The van der Waals surface area contributed by atoms with Crippen LogP contribution in [-0.2, 0) is 12.8 Å². The number of hydrazine groups is 1. The van der Waals surface area contributed by atoms with Gasteiger partial charge in [-0.15, -0.1) is 0 Å². The third-order valence-electron chi connectivity index (χ3n) is 6.53. The van der Waals surface area contributed by atoms with Gasteiger partial charge in [-0.1, -0.05) is 43.0 Å². The lowest BCUT2D eigenvalue weighted by Gasteiger charge is -2.39. The van der Waals surface area contributed by atoms with Gasteiger partial charge in [-0.05, 0) is 55.4 Å². The molecule has 7 nitrogen and oxygen atoms in total. The number of nitrogens with two attached hydrogens (primary N) is 1. The highest BCUT2D eigenvalue weighted by Gasteiger charge is 2.29. The topological polar surface area (TPSA) is 92.0 Å². The Labute approximate surface area is 207 Å². The van der Waals surface area contributed by atoms with Crippen LogP contribution < -0.4 is 21.5 Å². The summed E-state index contributed by atoms with van der Waals surface area (Å²) in [6.07, 6.45) is 8.06. The van der Waals surface area contributed by atoms with E-state index in [2.05, 4.69) is 63.6 Å². The van der Waals surface area contributed by atoms with Gasteiger partial charge in [-0.25, -0.2) is 4.98 Å². The van der Waals surface area contributed by atoms with E-state index < -0.39 is 0 Å². The highest BCUT2D eigenvalue weighted by molar-refractivity contribution is 5.51. The summed E-state index contributed by atoms with van der Waals surface area (Å²) in [7, 11) is 0. The zero-order valence-electron chi connectivity index (χ0n) is 20.2. The van der Waals surface area contributed by atoms with Crippen LogP contribution in [0.25, 0.3) is 0 Å². The minimum Gasteiger partial charge on any atom is -0.341 e. The molecule has 7 heteroatoms. The van der Waals surface area contributed by atoms with Crippen LogP contribution in [-0.4, -0.2) is 28.0 Å². The molecule has 3 heterocycles. The first-order valence-electron chi connectivity index (χ1n) is 12.3. The Morgan fingerprint density at radius 3 is 2.60 bits per heavy atom. The van der Waals surface area contributed by atoms with E-state index in [1.807, 2.05) is 31.3 Å². The average Bonchev–Trinajstić information content (AvgIpc) is 3.67. The van der Waals surface area contributed by atoms with Crippen molar-refractivity contribution in [3.05, 3.63) is 101 Å². The molecule has 1 saturated carbocycles. The monoisotopic (exact) mass is 467 g/mol. The molecule has 0 atom stereocenters. The second-order valence-electron chi connectivity index (χ2n) is 9.66. The molecule has 1 aliphatic carbocycles. The zero-order valence-corrected chi connectivity index (χ0v) is 20.2. The van der Waals surface area contributed by atoms with E-state index in [0.29, 0.717) is 11.8 Å².